The van der Waals surface area contributed by atoms with Crippen LogP contribution >= 0.6 is 38.9 Å². The molecule has 0 radical (unpaired) electrons. The summed E-state index contributed by atoms with van der Waals surface area (Å²) in [5.74, 6) is 0.721. The molecular formula is C13H12BrClN2S. The molecule has 18 heavy (non-hydrogen) atoms. The molecule has 0 spiro atoms. The molecule has 1 unspecified atom stereocenters. The highest BCUT2D eigenvalue weighted by Crippen LogP contribution is 2.44. The summed E-state index contributed by atoms with van der Waals surface area (Å²) in [7, 11) is 0. The van der Waals surface area contributed by atoms with Gasteiger partial charge in [-0.25, -0.2) is 4.98 Å². The smallest absolute Gasteiger partial charge is 0.152 e. The van der Waals surface area contributed by atoms with Crippen LogP contribution in [-0.4, -0.2) is 4.98 Å². The highest BCUT2D eigenvalue weighted by Gasteiger charge is 2.33. The summed E-state index contributed by atoms with van der Waals surface area (Å²) in [6.45, 7) is 0. The summed E-state index contributed by atoms with van der Waals surface area (Å²) >= 11 is 11.4. The minimum atomic E-state index is 0.360. The Balaban J connectivity index is 1.86. The monoisotopic (exact) mass is 342 g/mol. The molecule has 2 aromatic rings. The Kier molecular flexibility index (Phi) is 3.59. The average Bonchev–Trinajstić information content (AvgIpc) is 3.05. The fourth-order valence-corrected chi connectivity index (χ4v) is 3.37. The highest BCUT2D eigenvalue weighted by molar-refractivity contribution is 9.10. The zero-order chi connectivity index (χ0) is 12.5. The SMILES string of the molecule is Clc1ncc(Br)cc1NC(c1cccs1)C1CC1. The van der Waals surface area contributed by atoms with Gasteiger partial charge in [-0.1, -0.05) is 17.7 Å². The zero-order valence-electron chi connectivity index (χ0n) is 9.57. The van der Waals surface area contributed by atoms with Crippen LogP contribution in [0.15, 0.2) is 34.2 Å². The van der Waals surface area contributed by atoms with E-state index in [1.807, 2.05) is 6.07 Å². The Morgan fingerprint density at radius 2 is 2.33 bits per heavy atom. The molecule has 0 bridgehead atoms. The van der Waals surface area contributed by atoms with E-state index in [0.717, 1.165) is 16.1 Å². The third kappa shape index (κ3) is 2.71. The van der Waals surface area contributed by atoms with E-state index >= 15 is 0 Å². The number of anilines is 1. The van der Waals surface area contributed by atoms with Gasteiger partial charge >= 0.3 is 0 Å². The minimum absolute atomic E-state index is 0.360. The van der Waals surface area contributed by atoms with Crippen molar-refractivity contribution in [3.05, 3.63) is 44.3 Å². The van der Waals surface area contributed by atoms with Crippen LogP contribution in [0, 0.1) is 5.92 Å². The minimum Gasteiger partial charge on any atom is -0.375 e. The number of hydrogen-bond donors (Lipinski definition) is 1. The van der Waals surface area contributed by atoms with E-state index in [-0.39, 0.29) is 0 Å². The van der Waals surface area contributed by atoms with Gasteiger partial charge in [-0.15, -0.1) is 11.3 Å². The van der Waals surface area contributed by atoms with Crippen molar-refractivity contribution in [1.29, 1.82) is 0 Å². The lowest BCUT2D eigenvalue weighted by Crippen LogP contribution is -2.12. The van der Waals surface area contributed by atoms with Crippen molar-refractivity contribution < 1.29 is 0 Å². The van der Waals surface area contributed by atoms with Gasteiger partial charge in [0.2, 0.25) is 0 Å². The van der Waals surface area contributed by atoms with Crippen LogP contribution in [0.1, 0.15) is 23.8 Å². The Bertz CT molecular complexity index is 540. The zero-order valence-corrected chi connectivity index (χ0v) is 12.7. The van der Waals surface area contributed by atoms with Crippen molar-refractivity contribution in [3.63, 3.8) is 0 Å². The second kappa shape index (κ2) is 5.19. The second-order valence-corrected chi connectivity index (χ2v) is 6.72. The van der Waals surface area contributed by atoms with Gasteiger partial charge in [-0.2, -0.15) is 0 Å². The number of halogens is 2. The topological polar surface area (TPSA) is 24.9 Å². The van der Waals surface area contributed by atoms with E-state index in [9.17, 15) is 0 Å². The molecule has 0 aromatic carbocycles. The van der Waals surface area contributed by atoms with Crippen LogP contribution in [0.4, 0.5) is 5.69 Å². The number of nitrogens with zero attached hydrogens (tertiary/aromatic N) is 1. The Morgan fingerprint density at radius 3 is 3.00 bits per heavy atom. The molecule has 2 heterocycles. The molecule has 1 saturated carbocycles. The molecule has 1 atom stereocenters. The van der Waals surface area contributed by atoms with Crippen LogP contribution in [0.25, 0.3) is 0 Å². The molecule has 3 rings (SSSR count). The Hall–Kier alpha value is -0.580. The highest BCUT2D eigenvalue weighted by atomic mass is 79.9. The van der Waals surface area contributed by atoms with Crippen molar-refractivity contribution in [3.8, 4) is 0 Å². The third-order valence-corrected chi connectivity index (χ3v) is 4.75. The number of nitrogens with one attached hydrogen (secondary N) is 1. The average molecular weight is 344 g/mol. The van der Waals surface area contributed by atoms with Crippen LogP contribution in [0.3, 0.4) is 0 Å². The van der Waals surface area contributed by atoms with E-state index < -0.39 is 0 Å². The molecule has 0 amide bonds. The summed E-state index contributed by atoms with van der Waals surface area (Å²) < 4.78 is 0.940. The Labute approximate surface area is 124 Å². The van der Waals surface area contributed by atoms with Gasteiger partial charge < -0.3 is 5.32 Å². The first kappa shape index (κ1) is 12.5. The summed E-state index contributed by atoms with van der Waals surface area (Å²) in [5, 5.41) is 6.18. The van der Waals surface area contributed by atoms with Gasteiger partial charge in [0, 0.05) is 15.5 Å². The van der Waals surface area contributed by atoms with Crippen LogP contribution < -0.4 is 5.32 Å². The maximum absolute atomic E-state index is 6.14. The number of pyridine rings is 1. The summed E-state index contributed by atoms with van der Waals surface area (Å²) in [4.78, 5) is 5.52. The van der Waals surface area contributed by atoms with E-state index in [1.165, 1.54) is 17.7 Å². The van der Waals surface area contributed by atoms with Crippen molar-refractivity contribution in [2.24, 2.45) is 5.92 Å². The fraction of sp³-hybridized carbons (Fsp3) is 0.308. The lowest BCUT2D eigenvalue weighted by Gasteiger charge is -2.19. The number of aromatic nitrogens is 1. The maximum atomic E-state index is 6.14. The summed E-state index contributed by atoms with van der Waals surface area (Å²) in [6.07, 6.45) is 4.29. The van der Waals surface area contributed by atoms with Crippen LogP contribution in [0.5, 0.6) is 0 Å². The lowest BCUT2D eigenvalue weighted by atomic mass is 10.1. The maximum Gasteiger partial charge on any atom is 0.152 e. The predicted molar refractivity (Wildman–Crippen MR) is 80.4 cm³/mol. The van der Waals surface area contributed by atoms with Crippen LogP contribution in [0.2, 0.25) is 5.15 Å². The van der Waals surface area contributed by atoms with Crippen molar-refractivity contribution >= 4 is 44.6 Å². The van der Waals surface area contributed by atoms with E-state index in [2.05, 4.69) is 43.7 Å². The molecule has 0 aliphatic heterocycles. The second-order valence-electron chi connectivity index (χ2n) is 4.47. The van der Waals surface area contributed by atoms with E-state index in [4.69, 9.17) is 11.6 Å². The van der Waals surface area contributed by atoms with Crippen molar-refractivity contribution in [2.45, 2.75) is 18.9 Å². The third-order valence-electron chi connectivity index (χ3n) is 3.06. The van der Waals surface area contributed by atoms with Crippen LogP contribution in [-0.2, 0) is 0 Å². The largest absolute Gasteiger partial charge is 0.375 e. The van der Waals surface area contributed by atoms with Crippen molar-refractivity contribution in [2.75, 3.05) is 5.32 Å². The molecule has 5 heteroatoms. The first-order valence-corrected chi connectivity index (χ1v) is 7.90. The van der Waals surface area contributed by atoms with Gasteiger partial charge in [0.25, 0.3) is 0 Å². The number of rotatable bonds is 4. The van der Waals surface area contributed by atoms with Gasteiger partial charge in [-0.3, -0.25) is 0 Å². The molecule has 94 valence electrons. The number of thiophene rings is 1. The fourth-order valence-electron chi connectivity index (χ4n) is 2.01. The summed E-state index contributed by atoms with van der Waals surface area (Å²) in [5.41, 5.74) is 0.899. The molecule has 1 aliphatic carbocycles. The first-order chi connectivity index (χ1) is 8.74. The normalized spacial score (nSPS) is 16.6. The standard InChI is InChI=1S/C13H12BrClN2S/c14-9-6-10(13(15)16-7-9)17-12(8-3-4-8)11-2-1-5-18-11/h1-2,5-8,12,17H,3-4H2. The molecule has 0 saturated heterocycles. The first-order valence-electron chi connectivity index (χ1n) is 5.85. The molecule has 2 aromatic heterocycles. The predicted octanol–water partition coefficient (Wildman–Crippen LogP) is 5.12. The molecule has 1 fully saturated rings. The lowest BCUT2D eigenvalue weighted by molar-refractivity contribution is 0.690. The summed E-state index contributed by atoms with van der Waals surface area (Å²) in [6, 6.07) is 6.62. The van der Waals surface area contributed by atoms with Gasteiger partial charge in [0.15, 0.2) is 5.15 Å². The van der Waals surface area contributed by atoms with E-state index in [1.54, 1.807) is 17.5 Å². The quantitative estimate of drug-likeness (QED) is 0.779. The molecule has 1 aliphatic rings. The molecule has 1 N–H and O–H groups in total. The van der Waals surface area contributed by atoms with E-state index in [0.29, 0.717) is 11.2 Å². The van der Waals surface area contributed by atoms with Gasteiger partial charge in [-0.05, 0) is 52.2 Å². The molecular weight excluding hydrogens is 332 g/mol. The molecule has 2 nitrogen and oxygen atoms in total. The van der Waals surface area contributed by atoms with Crippen molar-refractivity contribution in [1.82, 2.24) is 4.98 Å². The Morgan fingerprint density at radius 1 is 1.50 bits per heavy atom. The number of hydrogen-bond acceptors (Lipinski definition) is 3. The van der Waals surface area contributed by atoms with Gasteiger partial charge in [0.1, 0.15) is 0 Å². The van der Waals surface area contributed by atoms with Gasteiger partial charge in [0.05, 0.1) is 11.7 Å².